The number of aromatic nitrogens is 3. The van der Waals surface area contributed by atoms with Crippen LogP contribution in [0.15, 0.2) is 59.8 Å². The summed E-state index contributed by atoms with van der Waals surface area (Å²) in [6.45, 7) is 1.32. The molecule has 0 spiro atoms. The van der Waals surface area contributed by atoms with E-state index in [9.17, 15) is 13.2 Å². The number of carbonyl (C=O) groups excluding carboxylic acids is 1. The highest BCUT2D eigenvalue weighted by atomic mass is 32.2. The van der Waals surface area contributed by atoms with Crippen molar-refractivity contribution in [2.45, 2.75) is 4.90 Å². The molecule has 146 valence electrons. The predicted octanol–water partition coefficient (Wildman–Crippen LogP) is 1.47. The van der Waals surface area contributed by atoms with Crippen molar-refractivity contribution in [3.63, 3.8) is 0 Å². The Hall–Kier alpha value is -2.95. The minimum atomic E-state index is -3.66. The number of hydrogen-bond acceptors (Lipinski definition) is 5. The molecule has 10 heteroatoms. The lowest BCUT2D eigenvalue weighted by molar-refractivity contribution is 0.0730. The van der Waals surface area contributed by atoms with E-state index in [1.807, 2.05) is 30.3 Å². The van der Waals surface area contributed by atoms with Gasteiger partial charge in [0, 0.05) is 31.5 Å². The lowest BCUT2D eigenvalue weighted by Gasteiger charge is -2.25. The SMILES string of the molecule is O=C(Nc1ccn(-c2ccccc2)n1)c1cc(S(=O)(=O)N2CCOCC2)c[nH]1. The fourth-order valence-electron chi connectivity index (χ4n) is 2.89. The second-order valence-electron chi connectivity index (χ2n) is 6.20. The van der Waals surface area contributed by atoms with Crippen LogP contribution in [0.1, 0.15) is 10.5 Å². The van der Waals surface area contributed by atoms with Crippen molar-refractivity contribution in [3.05, 3.63) is 60.6 Å². The first-order valence-corrected chi connectivity index (χ1v) is 10.2. The van der Waals surface area contributed by atoms with Crippen LogP contribution in [-0.2, 0) is 14.8 Å². The Morgan fingerprint density at radius 2 is 1.89 bits per heavy atom. The number of aromatic amines is 1. The number of sulfonamides is 1. The Bertz CT molecular complexity index is 1070. The molecule has 0 bridgehead atoms. The summed E-state index contributed by atoms with van der Waals surface area (Å²) in [5.41, 5.74) is 1.00. The summed E-state index contributed by atoms with van der Waals surface area (Å²) < 4.78 is 33.5. The molecule has 0 aliphatic carbocycles. The highest BCUT2D eigenvalue weighted by molar-refractivity contribution is 7.89. The first kappa shape index (κ1) is 18.4. The van der Waals surface area contributed by atoms with Gasteiger partial charge in [-0.05, 0) is 18.2 Å². The third kappa shape index (κ3) is 3.70. The summed E-state index contributed by atoms with van der Waals surface area (Å²) in [5, 5.41) is 6.97. The van der Waals surface area contributed by atoms with E-state index in [4.69, 9.17) is 4.74 Å². The quantitative estimate of drug-likeness (QED) is 0.673. The number of nitrogens with zero attached hydrogens (tertiary/aromatic N) is 3. The molecule has 1 amide bonds. The van der Waals surface area contributed by atoms with E-state index in [0.29, 0.717) is 32.1 Å². The lowest BCUT2D eigenvalue weighted by atomic mass is 10.3. The van der Waals surface area contributed by atoms with Crippen LogP contribution in [0.5, 0.6) is 0 Å². The summed E-state index contributed by atoms with van der Waals surface area (Å²) >= 11 is 0. The summed E-state index contributed by atoms with van der Waals surface area (Å²) in [6.07, 6.45) is 3.05. The van der Waals surface area contributed by atoms with Crippen molar-refractivity contribution >= 4 is 21.7 Å². The molecule has 4 rings (SSSR count). The number of rotatable bonds is 5. The molecule has 9 nitrogen and oxygen atoms in total. The monoisotopic (exact) mass is 401 g/mol. The highest BCUT2D eigenvalue weighted by Crippen LogP contribution is 2.19. The molecule has 0 atom stereocenters. The van der Waals surface area contributed by atoms with Gasteiger partial charge in [0.2, 0.25) is 10.0 Å². The van der Waals surface area contributed by atoms with E-state index in [0.717, 1.165) is 5.69 Å². The largest absolute Gasteiger partial charge is 0.379 e. The summed E-state index contributed by atoms with van der Waals surface area (Å²) in [4.78, 5) is 15.2. The van der Waals surface area contributed by atoms with Crippen LogP contribution in [-0.4, -0.2) is 59.7 Å². The van der Waals surface area contributed by atoms with Crippen molar-refractivity contribution in [3.8, 4) is 5.69 Å². The maximum atomic E-state index is 12.6. The van der Waals surface area contributed by atoms with Gasteiger partial charge in [0.1, 0.15) is 10.6 Å². The first-order chi connectivity index (χ1) is 13.5. The number of benzene rings is 1. The van der Waals surface area contributed by atoms with Gasteiger partial charge in [-0.25, -0.2) is 13.1 Å². The zero-order valence-electron chi connectivity index (χ0n) is 14.9. The average molecular weight is 401 g/mol. The fraction of sp³-hybridized carbons (Fsp3) is 0.222. The smallest absolute Gasteiger partial charge is 0.273 e. The second-order valence-corrected chi connectivity index (χ2v) is 8.14. The molecule has 0 radical (unpaired) electrons. The molecule has 1 aliphatic heterocycles. The predicted molar refractivity (Wildman–Crippen MR) is 102 cm³/mol. The minimum Gasteiger partial charge on any atom is -0.379 e. The average Bonchev–Trinajstić information content (AvgIpc) is 3.40. The maximum Gasteiger partial charge on any atom is 0.273 e. The molecule has 28 heavy (non-hydrogen) atoms. The van der Waals surface area contributed by atoms with Crippen LogP contribution >= 0.6 is 0 Å². The molecule has 3 aromatic rings. The zero-order chi connectivity index (χ0) is 19.6. The zero-order valence-corrected chi connectivity index (χ0v) is 15.7. The van der Waals surface area contributed by atoms with Gasteiger partial charge >= 0.3 is 0 Å². The minimum absolute atomic E-state index is 0.0503. The van der Waals surface area contributed by atoms with Gasteiger partial charge in [0.25, 0.3) is 5.91 Å². The molecule has 0 unspecified atom stereocenters. The molecule has 1 fully saturated rings. The van der Waals surface area contributed by atoms with Gasteiger partial charge < -0.3 is 15.0 Å². The van der Waals surface area contributed by atoms with Crippen LogP contribution in [0, 0.1) is 0 Å². The fourth-order valence-corrected chi connectivity index (χ4v) is 4.29. The van der Waals surface area contributed by atoms with Crippen molar-refractivity contribution in [1.82, 2.24) is 19.1 Å². The molecular formula is C18H19N5O4S. The summed E-state index contributed by atoms with van der Waals surface area (Å²) in [6, 6.07) is 12.5. The number of H-pyrrole nitrogens is 1. The number of anilines is 1. The molecule has 1 aliphatic rings. The molecule has 0 saturated carbocycles. The van der Waals surface area contributed by atoms with Crippen LogP contribution in [0.25, 0.3) is 5.69 Å². The van der Waals surface area contributed by atoms with E-state index in [1.54, 1.807) is 16.9 Å². The van der Waals surface area contributed by atoms with E-state index in [2.05, 4.69) is 15.4 Å². The van der Waals surface area contributed by atoms with Crippen LogP contribution in [0.4, 0.5) is 5.82 Å². The van der Waals surface area contributed by atoms with Gasteiger partial charge in [0.05, 0.1) is 18.9 Å². The molecular weight excluding hydrogens is 382 g/mol. The Kier molecular flexibility index (Phi) is 4.99. The van der Waals surface area contributed by atoms with Crippen LogP contribution < -0.4 is 5.32 Å². The van der Waals surface area contributed by atoms with Crippen molar-refractivity contribution in [1.29, 1.82) is 0 Å². The van der Waals surface area contributed by atoms with Gasteiger partial charge in [-0.3, -0.25) is 4.79 Å². The number of nitrogens with one attached hydrogen (secondary N) is 2. The van der Waals surface area contributed by atoms with Crippen molar-refractivity contribution < 1.29 is 17.9 Å². The number of morpholine rings is 1. The number of hydrogen-bond donors (Lipinski definition) is 2. The van der Waals surface area contributed by atoms with Crippen LogP contribution in [0.3, 0.4) is 0 Å². The van der Waals surface area contributed by atoms with E-state index < -0.39 is 15.9 Å². The Balaban J connectivity index is 1.47. The molecule has 1 saturated heterocycles. The number of amides is 1. The van der Waals surface area contributed by atoms with Crippen LogP contribution in [0.2, 0.25) is 0 Å². The summed E-state index contributed by atoms with van der Waals surface area (Å²) in [7, 11) is -3.66. The third-order valence-electron chi connectivity index (χ3n) is 4.36. The lowest BCUT2D eigenvalue weighted by Crippen LogP contribution is -2.40. The molecule has 1 aromatic carbocycles. The number of carbonyl (C=O) groups is 1. The normalized spacial score (nSPS) is 15.4. The highest BCUT2D eigenvalue weighted by Gasteiger charge is 2.28. The number of para-hydroxylation sites is 1. The Labute approximate surface area is 162 Å². The summed E-state index contributed by atoms with van der Waals surface area (Å²) in [5.74, 6) is -0.109. The standard InChI is InChI=1S/C18H19N5O4S/c24-18(20-17-6-7-23(21-17)14-4-2-1-3-5-14)16-12-15(13-19-16)28(25,26)22-8-10-27-11-9-22/h1-7,12-13,19H,8-11H2,(H,20,21,24). The third-order valence-corrected chi connectivity index (χ3v) is 6.24. The number of ether oxygens (including phenoxy) is 1. The van der Waals surface area contributed by atoms with E-state index in [-0.39, 0.29) is 10.6 Å². The van der Waals surface area contributed by atoms with E-state index in [1.165, 1.54) is 16.6 Å². The van der Waals surface area contributed by atoms with Crippen molar-refractivity contribution in [2.75, 3.05) is 31.6 Å². The first-order valence-electron chi connectivity index (χ1n) is 8.73. The maximum absolute atomic E-state index is 12.6. The van der Waals surface area contributed by atoms with Gasteiger partial charge in [-0.15, -0.1) is 0 Å². The molecule has 2 N–H and O–H groups in total. The topological polar surface area (TPSA) is 109 Å². The second kappa shape index (κ2) is 7.58. The Morgan fingerprint density at radius 1 is 1.14 bits per heavy atom. The molecule has 2 aromatic heterocycles. The van der Waals surface area contributed by atoms with Gasteiger partial charge in [0.15, 0.2) is 5.82 Å². The van der Waals surface area contributed by atoms with E-state index >= 15 is 0 Å². The van der Waals surface area contributed by atoms with Gasteiger partial charge in [-0.2, -0.15) is 9.40 Å². The van der Waals surface area contributed by atoms with Gasteiger partial charge in [-0.1, -0.05) is 18.2 Å². The Morgan fingerprint density at radius 3 is 2.64 bits per heavy atom. The van der Waals surface area contributed by atoms with Crippen molar-refractivity contribution in [2.24, 2.45) is 0 Å². The molecule has 3 heterocycles.